The average molecular weight is 439 g/mol. The topological polar surface area (TPSA) is 27.6 Å². The van der Waals surface area contributed by atoms with Crippen LogP contribution in [-0.2, 0) is 6.54 Å². The molecule has 0 aromatic heterocycles. The molecular weight excluding hydrogens is 412 g/mol. The molecule has 3 nitrogen and oxygen atoms in total. The fourth-order valence-electron chi connectivity index (χ4n) is 2.00. The van der Waals surface area contributed by atoms with E-state index in [1.807, 2.05) is 29.8 Å². The van der Waals surface area contributed by atoms with Crippen LogP contribution in [0.2, 0.25) is 0 Å². The van der Waals surface area contributed by atoms with Crippen molar-refractivity contribution in [1.29, 1.82) is 0 Å². The predicted octanol–water partition coefficient (Wildman–Crippen LogP) is 3.98. The Bertz CT molecular complexity index is 443. The Hall–Kier alpha value is -0.500. The van der Waals surface area contributed by atoms with Crippen molar-refractivity contribution in [3.8, 4) is 0 Å². The van der Waals surface area contributed by atoms with Crippen molar-refractivity contribution in [3.05, 3.63) is 35.6 Å². The first kappa shape index (κ1) is 21.5. The summed E-state index contributed by atoms with van der Waals surface area (Å²) < 4.78 is 13.2. The van der Waals surface area contributed by atoms with Gasteiger partial charge in [-0.15, -0.1) is 24.0 Å². The van der Waals surface area contributed by atoms with Crippen LogP contribution in [0.1, 0.15) is 25.3 Å². The second-order valence-electron chi connectivity index (χ2n) is 4.92. The molecule has 0 saturated heterocycles. The van der Waals surface area contributed by atoms with Gasteiger partial charge in [0.25, 0.3) is 0 Å². The minimum absolute atomic E-state index is 0. The zero-order valence-electron chi connectivity index (χ0n) is 13.6. The van der Waals surface area contributed by atoms with Gasteiger partial charge in [-0.05, 0) is 49.5 Å². The zero-order chi connectivity index (χ0) is 15.5. The molecule has 0 atom stereocenters. The maximum Gasteiger partial charge on any atom is 0.193 e. The van der Waals surface area contributed by atoms with Crippen molar-refractivity contribution in [2.24, 2.45) is 4.99 Å². The van der Waals surface area contributed by atoms with Gasteiger partial charge >= 0.3 is 0 Å². The van der Waals surface area contributed by atoms with E-state index in [4.69, 9.17) is 0 Å². The Kier molecular flexibility index (Phi) is 12.7. The molecule has 0 aliphatic rings. The van der Waals surface area contributed by atoms with Gasteiger partial charge < -0.3 is 10.2 Å². The molecule has 6 heteroatoms. The molecule has 0 amide bonds. The summed E-state index contributed by atoms with van der Waals surface area (Å²) in [6.45, 7) is 4.36. The molecular formula is C16H27FIN3S. The van der Waals surface area contributed by atoms with Gasteiger partial charge in [-0.2, -0.15) is 11.8 Å². The SMILES string of the molecule is CCNC(=NCCCCSC)N(C)Cc1cccc(F)c1.I. The summed E-state index contributed by atoms with van der Waals surface area (Å²) >= 11 is 1.87. The Labute approximate surface area is 155 Å². The van der Waals surface area contributed by atoms with E-state index in [0.717, 1.165) is 31.0 Å². The van der Waals surface area contributed by atoms with Crippen molar-refractivity contribution in [1.82, 2.24) is 10.2 Å². The first-order valence-electron chi connectivity index (χ1n) is 7.40. The first-order valence-corrected chi connectivity index (χ1v) is 8.79. The maximum absolute atomic E-state index is 13.2. The van der Waals surface area contributed by atoms with Crippen LogP contribution in [0.3, 0.4) is 0 Å². The molecule has 0 radical (unpaired) electrons. The molecule has 0 aliphatic carbocycles. The molecule has 0 saturated carbocycles. The lowest BCUT2D eigenvalue weighted by Gasteiger charge is -2.22. The third-order valence-corrected chi connectivity index (χ3v) is 3.72. The highest BCUT2D eigenvalue weighted by Gasteiger charge is 2.06. The van der Waals surface area contributed by atoms with Gasteiger partial charge in [0.15, 0.2) is 5.96 Å². The van der Waals surface area contributed by atoms with Crippen LogP contribution >= 0.6 is 35.7 Å². The highest BCUT2D eigenvalue weighted by atomic mass is 127. The van der Waals surface area contributed by atoms with E-state index in [1.54, 1.807) is 12.1 Å². The summed E-state index contributed by atoms with van der Waals surface area (Å²) in [6.07, 6.45) is 4.42. The number of nitrogens with zero attached hydrogens (tertiary/aromatic N) is 2. The summed E-state index contributed by atoms with van der Waals surface area (Å²) in [4.78, 5) is 6.67. The predicted molar refractivity (Wildman–Crippen MR) is 107 cm³/mol. The first-order chi connectivity index (χ1) is 10.2. The van der Waals surface area contributed by atoms with Crippen molar-refractivity contribution >= 4 is 41.7 Å². The summed E-state index contributed by atoms with van der Waals surface area (Å²) in [5, 5.41) is 3.29. The summed E-state index contributed by atoms with van der Waals surface area (Å²) in [5.74, 6) is 1.87. The van der Waals surface area contributed by atoms with Crippen molar-refractivity contribution in [3.63, 3.8) is 0 Å². The molecule has 0 fully saturated rings. The number of benzene rings is 1. The molecule has 0 aliphatic heterocycles. The van der Waals surface area contributed by atoms with Crippen LogP contribution in [0.4, 0.5) is 4.39 Å². The summed E-state index contributed by atoms with van der Waals surface area (Å²) in [5.41, 5.74) is 0.950. The highest BCUT2D eigenvalue weighted by molar-refractivity contribution is 14.0. The lowest BCUT2D eigenvalue weighted by molar-refractivity contribution is 0.474. The van der Waals surface area contributed by atoms with Gasteiger partial charge in [0.2, 0.25) is 0 Å². The van der Waals surface area contributed by atoms with Gasteiger partial charge in [-0.1, -0.05) is 12.1 Å². The second-order valence-corrected chi connectivity index (χ2v) is 5.91. The van der Waals surface area contributed by atoms with Crippen molar-refractivity contribution < 1.29 is 4.39 Å². The largest absolute Gasteiger partial charge is 0.357 e. The van der Waals surface area contributed by atoms with Crippen LogP contribution in [0.25, 0.3) is 0 Å². The van der Waals surface area contributed by atoms with E-state index in [9.17, 15) is 4.39 Å². The van der Waals surface area contributed by atoms with Gasteiger partial charge in [-0.25, -0.2) is 4.39 Å². The Morgan fingerprint density at radius 1 is 1.36 bits per heavy atom. The van der Waals surface area contributed by atoms with E-state index in [1.165, 1.54) is 18.2 Å². The van der Waals surface area contributed by atoms with Crippen LogP contribution in [0, 0.1) is 5.82 Å². The number of thioether (sulfide) groups is 1. The van der Waals surface area contributed by atoms with Gasteiger partial charge in [0, 0.05) is 26.7 Å². The molecule has 1 aromatic rings. The molecule has 0 heterocycles. The average Bonchev–Trinajstić information content (AvgIpc) is 2.46. The summed E-state index contributed by atoms with van der Waals surface area (Å²) in [6, 6.07) is 6.71. The lowest BCUT2D eigenvalue weighted by Crippen LogP contribution is -2.38. The third kappa shape index (κ3) is 8.82. The minimum atomic E-state index is -0.195. The van der Waals surface area contributed by atoms with Gasteiger partial charge in [0.05, 0.1) is 0 Å². The van der Waals surface area contributed by atoms with Crippen LogP contribution < -0.4 is 5.32 Å². The Balaban J connectivity index is 0.00000441. The Morgan fingerprint density at radius 2 is 2.14 bits per heavy atom. The number of halogens is 2. The molecule has 1 aromatic carbocycles. The molecule has 22 heavy (non-hydrogen) atoms. The molecule has 0 bridgehead atoms. The van der Waals surface area contributed by atoms with Crippen molar-refractivity contribution in [2.45, 2.75) is 26.3 Å². The molecule has 126 valence electrons. The zero-order valence-corrected chi connectivity index (χ0v) is 16.8. The number of aliphatic imine (C=N–C) groups is 1. The van der Waals surface area contributed by atoms with E-state index >= 15 is 0 Å². The van der Waals surface area contributed by atoms with Crippen LogP contribution in [0.5, 0.6) is 0 Å². The molecule has 0 spiro atoms. The lowest BCUT2D eigenvalue weighted by atomic mass is 10.2. The van der Waals surface area contributed by atoms with E-state index in [2.05, 4.69) is 23.5 Å². The van der Waals surface area contributed by atoms with E-state index < -0.39 is 0 Å². The second kappa shape index (κ2) is 13.0. The third-order valence-electron chi connectivity index (χ3n) is 3.02. The summed E-state index contributed by atoms with van der Waals surface area (Å²) in [7, 11) is 1.98. The van der Waals surface area contributed by atoms with E-state index in [0.29, 0.717) is 6.54 Å². The highest BCUT2D eigenvalue weighted by Crippen LogP contribution is 2.07. The fourth-order valence-corrected chi connectivity index (χ4v) is 2.49. The number of unbranched alkanes of at least 4 members (excludes halogenated alkanes) is 1. The normalized spacial score (nSPS) is 11.0. The van der Waals surface area contributed by atoms with Gasteiger partial charge in [-0.3, -0.25) is 4.99 Å². The number of guanidine groups is 1. The quantitative estimate of drug-likeness (QED) is 0.287. The fraction of sp³-hybridized carbons (Fsp3) is 0.562. The molecule has 1 rings (SSSR count). The molecule has 0 unspecified atom stereocenters. The number of rotatable bonds is 8. The Morgan fingerprint density at radius 3 is 2.77 bits per heavy atom. The number of hydrogen-bond acceptors (Lipinski definition) is 2. The molecule has 1 N–H and O–H groups in total. The number of hydrogen-bond donors (Lipinski definition) is 1. The van der Waals surface area contributed by atoms with Crippen LogP contribution in [-0.4, -0.2) is 43.0 Å². The monoisotopic (exact) mass is 439 g/mol. The van der Waals surface area contributed by atoms with Crippen molar-refractivity contribution in [2.75, 3.05) is 32.1 Å². The number of nitrogens with one attached hydrogen (secondary N) is 1. The van der Waals surface area contributed by atoms with Crippen LogP contribution in [0.15, 0.2) is 29.3 Å². The van der Waals surface area contributed by atoms with Gasteiger partial charge in [0.1, 0.15) is 5.82 Å². The minimum Gasteiger partial charge on any atom is -0.357 e. The standard InChI is InChI=1S/C16H26FN3S.HI/c1-4-18-16(19-10-5-6-11-21-3)20(2)13-14-8-7-9-15(17)12-14;/h7-9,12H,4-6,10-11,13H2,1-3H3,(H,18,19);1H. The van der Waals surface area contributed by atoms with E-state index in [-0.39, 0.29) is 29.8 Å². The maximum atomic E-state index is 13.2. The smallest absolute Gasteiger partial charge is 0.193 e.